The van der Waals surface area contributed by atoms with Crippen LogP contribution in [-0.2, 0) is 13.6 Å². The van der Waals surface area contributed by atoms with Crippen LogP contribution in [-0.4, -0.2) is 22.1 Å². The van der Waals surface area contributed by atoms with E-state index in [9.17, 15) is 0 Å². The lowest BCUT2D eigenvalue weighted by Gasteiger charge is -2.16. The molecule has 2 aromatic rings. The molecule has 0 aliphatic rings. The van der Waals surface area contributed by atoms with Gasteiger partial charge in [-0.1, -0.05) is 23.4 Å². The van der Waals surface area contributed by atoms with Gasteiger partial charge in [0.1, 0.15) is 5.75 Å². The zero-order valence-corrected chi connectivity index (χ0v) is 10.9. The molecule has 1 unspecified atom stereocenters. The van der Waals surface area contributed by atoms with Gasteiger partial charge in [0.25, 0.3) is 0 Å². The van der Waals surface area contributed by atoms with E-state index in [1.54, 1.807) is 11.8 Å². The molecule has 0 saturated carbocycles. The summed E-state index contributed by atoms with van der Waals surface area (Å²) >= 11 is 0. The Morgan fingerprint density at radius 2 is 2.17 bits per heavy atom. The number of hydrogen-bond donors (Lipinski definition) is 1. The summed E-state index contributed by atoms with van der Waals surface area (Å²) in [6, 6.07) is 8.21. The van der Waals surface area contributed by atoms with Crippen molar-refractivity contribution in [2.45, 2.75) is 19.5 Å². The van der Waals surface area contributed by atoms with Gasteiger partial charge in [-0.2, -0.15) is 0 Å². The van der Waals surface area contributed by atoms with Crippen LogP contribution in [0.15, 0.2) is 30.5 Å². The van der Waals surface area contributed by atoms with Crippen LogP contribution in [0.4, 0.5) is 0 Å². The second-order valence-corrected chi connectivity index (χ2v) is 4.23. The Bertz CT molecular complexity index is 509. The van der Waals surface area contributed by atoms with Crippen LogP contribution >= 0.6 is 0 Å². The van der Waals surface area contributed by atoms with Crippen molar-refractivity contribution < 1.29 is 4.74 Å². The standard InChI is InChI=1S/C13H18N4O/c1-10(12-6-4-5-7-13(12)18-3)14-8-11-9-17(2)16-15-11/h4-7,9-10,14H,8H2,1-3H3. The Hall–Kier alpha value is -1.88. The molecule has 2 rings (SSSR count). The molecule has 0 aliphatic carbocycles. The highest BCUT2D eigenvalue weighted by atomic mass is 16.5. The van der Waals surface area contributed by atoms with Crippen molar-refractivity contribution in [2.75, 3.05) is 7.11 Å². The van der Waals surface area contributed by atoms with Crippen molar-refractivity contribution in [3.8, 4) is 5.75 Å². The Morgan fingerprint density at radius 3 is 2.83 bits per heavy atom. The Balaban J connectivity index is 2.01. The van der Waals surface area contributed by atoms with E-state index in [4.69, 9.17) is 4.74 Å². The van der Waals surface area contributed by atoms with Crippen LogP contribution in [0.2, 0.25) is 0 Å². The largest absolute Gasteiger partial charge is 0.496 e. The monoisotopic (exact) mass is 246 g/mol. The first-order valence-electron chi connectivity index (χ1n) is 5.92. The molecule has 1 atom stereocenters. The summed E-state index contributed by atoms with van der Waals surface area (Å²) in [7, 11) is 3.55. The van der Waals surface area contributed by atoms with Crippen LogP contribution in [0.25, 0.3) is 0 Å². The third-order valence-electron chi connectivity index (χ3n) is 2.84. The van der Waals surface area contributed by atoms with Gasteiger partial charge in [-0.25, -0.2) is 0 Å². The second kappa shape index (κ2) is 5.64. The lowest BCUT2D eigenvalue weighted by molar-refractivity contribution is 0.401. The van der Waals surface area contributed by atoms with Gasteiger partial charge in [-0.15, -0.1) is 5.10 Å². The molecule has 1 aromatic carbocycles. The number of para-hydroxylation sites is 1. The number of nitrogens with zero attached hydrogens (tertiary/aromatic N) is 3. The number of rotatable bonds is 5. The van der Waals surface area contributed by atoms with Crippen LogP contribution in [0, 0.1) is 0 Å². The third-order valence-corrected chi connectivity index (χ3v) is 2.84. The van der Waals surface area contributed by atoms with E-state index in [0.717, 1.165) is 17.0 Å². The van der Waals surface area contributed by atoms with Gasteiger partial charge < -0.3 is 10.1 Å². The van der Waals surface area contributed by atoms with Crippen molar-refractivity contribution in [1.82, 2.24) is 20.3 Å². The normalized spacial score (nSPS) is 12.4. The molecule has 0 bridgehead atoms. The number of aryl methyl sites for hydroxylation is 1. The molecule has 1 heterocycles. The van der Waals surface area contributed by atoms with E-state index in [1.165, 1.54) is 0 Å². The fourth-order valence-electron chi connectivity index (χ4n) is 1.87. The zero-order chi connectivity index (χ0) is 13.0. The minimum Gasteiger partial charge on any atom is -0.496 e. The molecule has 18 heavy (non-hydrogen) atoms. The predicted octanol–water partition coefficient (Wildman–Crippen LogP) is 1.67. The van der Waals surface area contributed by atoms with E-state index < -0.39 is 0 Å². The molecule has 5 nitrogen and oxygen atoms in total. The minimum absolute atomic E-state index is 0.197. The number of ether oxygens (including phenoxy) is 1. The van der Waals surface area contributed by atoms with Crippen molar-refractivity contribution in [3.63, 3.8) is 0 Å². The molecule has 5 heteroatoms. The predicted molar refractivity (Wildman–Crippen MR) is 69.3 cm³/mol. The van der Waals surface area contributed by atoms with Crippen molar-refractivity contribution in [3.05, 3.63) is 41.7 Å². The Morgan fingerprint density at radius 1 is 1.39 bits per heavy atom. The Labute approximate surface area is 107 Å². The summed E-state index contributed by atoms with van der Waals surface area (Å²) in [5, 5.41) is 11.4. The summed E-state index contributed by atoms with van der Waals surface area (Å²) in [6.07, 6.45) is 1.90. The van der Waals surface area contributed by atoms with Crippen LogP contribution < -0.4 is 10.1 Å². The first kappa shape index (κ1) is 12.6. The fourth-order valence-corrected chi connectivity index (χ4v) is 1.87. The molecule has 1 aromatic heterocycles. The average Bonchev–Trinajstić information content (AvgIpc) is 2.81. The highest BCUT2D eigenvalue weighted by Crippen LogP contribution is 2.24. The fraction of sp³-hybridized carbons (Fsp3) is 0.385. The average molecular weight is 246 g/mol. The van der Waals surface area contributed by atoms with Crippen LogP contribution in [0.1, 0.15) is 24.2 Å². The number of nitrogens with one attached hydrogen (secondary N) is 1. The molecular weight excluding hydrogens is 228 g/mol. The third kappa shape index (κ3) is 2.87. The first-order valence-corrected chi connectivity index (χ1v) is 5.92. The highest BCUT2D eigenvalue weighted by molar-refractivity contribution is 5.35. The van der Waals surface area contributed by atoms with Gasteiger partial charge in [0.2, 0.25) is 0 Å². The topological polar surface area (TPSA) is 52.0 Å². The van der Waals surface area contributed by atoms with E-state index in [1.807, 2.05) is 31.4 Å². The maximum Gasteiger partial charge on any atom is 0.123 e. The smallest absolute Gasteiger partial charge is 0.123 e. The molecule has 0 fully saturated rings. The highest BCUT2D eigenvalue weighted by Gasteiger charge is 2.10. The number of methoxy groups -OCH3 is 1. The van der Waals surface area contributed by atoms with Gasteiger partial charge in [0, 0.05) is 31.4 Å². The van der Waals surface area contributed by atoms with E-state index in [2.05, 4.69) is 28.6 Å². The SMILES string of the molecule is COc1ccccc1C(C)NCc1cn(C)nn1. The van der Waals surface area contributed by atoms with Crippen LogP contribution in [0.5, 0.6) is 5.75 Å². The minimum atomic E-state index is 0.197. The van der Waals surface area contributed by atoms with E-state index >= 15 is 0 Å². The van der Waals surface area contributed by atoms with Crippen molar-refractivity contribution in [2.24, 2.45) is 7.05 Å². The first-order chi connectivity index (χ1) is 8.70. The molecule has 0 amide bonds. The zero-order valence-electron chi connectivity index (χ0n) is 10.9. The van der Waals surface area contributed by atoms with Gasteiger partial charge >= 0.3 is 0 Å². The van der Waals surface area contributed by atoms with Gasteiger partial charge in [0.15, 0.2) is 0 Å². The lowest BCUT2D eigenvalue weighted by Crippen LogP contribution is -2.18. The lowest BCUT2D eigenvalue weighted by atomic mass is 10.1. The summed E-state index contributed by atoms with van der Waals surface area (Å²) in [5.74, 6) is 0.900. The molecule has 0 radical (unpaired) electrons. The molecule has 0 saturated heterocycles. The summed E-state index contributed by atoms with van der Waals surface area (Å²) in [5.41, 5.74) is 2.07. The summed E-state index contributed by atoms with van der Waals surface area (Å²) in [6.45, 7) is 2.79. The van der Waals surface area contributed by atoms with E-state index in [0.29, 0.717) is 6.54 Å². The van der Waals surface area contributed by atoms with Crippen molar-refractivity contribution in [1.29, 1.82) is 0 Å². The molecule has 0 spiro atoms. The molecular formula is C13H18N4O. The maximum atomic E-state index is 5.35. The van der Waals surface area contributed by atoms with Crippen molar-refractivity contribution >= 4 is 0 Å². The number of benzene rings is 1. The summed E-state index contributed by atoms with van der Waals surface area (Å²) < 4.78 is 7.05. The van der Waals surface area contributed by atoms with Gasteiger partial charge in [-0.05, 0) is 13.0 Å². The number of aromatic nitrogens is 3. The number of hydrogen-bond acceptors (Lipinski definition) is 4. The maximum absolute atomic E-state index is 5.35. The summed E-state index contributed by atoms with van der Waals surface area (Å²) in [4.78, 5) is 0. The van der Waals surface area contributed by atoms with E-state index in [-0.39, 0.29) is 6.04 Å². The molecule has 1 N–H and O–H groups in total. The van der Waals surface area contributed by atoms with Crippen LogP contribution in [0.3, 0.4) is 0 Å². The second-order valence-electron chi connectivity index (χ2n) is 4.23. The molecule has 0 aliphatic heterocycles. The Kier molecular flexibility index (Phi) is 3.94. The molecule has 96 valence electrons. The van der Waals surface area contributed by atoms with Gasteiger partial charge in [0.05, 0.1) is 12.8 Å². The quantitative estimate of drug-likeness (QED) is 0.872. The van der Waals surface area contributed by atoms with Gasteiger partial charge in [-0.3, -0.25) is 4.68 Å².